The van der Waals surface area contributed by atoms with Crippen LogP contribution in [-0.2, 0) is 10.0 Å². The van der Waals surface area contributed by atoms with E-state index in [1.807, 2.05) is 0 Å². The fourth-order valence-electron chi connectivity index (χ4n) is 1.91. The van der Waals surface area contributed by atoms with Crippen molar-refractivity contribution < 1.29 is 13.2 Å². The van der Waals surface area contributed by atoms with Gasteiger partial charge in [-0.3, -0.25) is 0 Å². The second-order valence-corrected chi connectivity index (χ2v) is 6.40. The van der Waals surface area contributed by atoms with Crippen LogP contribution in [0.5, 0.6) is 5.75 Å². The van der Waals surface area contributed by atoms with E-state index in [1.165, 1.54) is 19.2 Å². The molecule has 0 aliphatic rings. The molecule has 0 radical (unpaired) electrons. The van der Waals surface area contributed by atoms with Crippen molar-refractivity contribution in [1.82, 2.24) is 4.72 Å². The van der Waals surface area contributed by atoms with Crippen molar-refractivity contribution >= 4 is 15.7 Å². The van der Waals surface area contributed by atoms with Crippen molar-refractivity contribution in [2.75, 3.05) is 12.8 Å². The van der Waals surface area contributed by atoms with Crippen LogP contribution in [0.4, 0.5) is 5.69 Å². The molecule has 0 spiro atoms. The van der Waals surface area contributed by atoms with E-state index in [-0.39, 0.29) is 10.9 Å². The number of nitrogens with two attached hydrogens (primary N) is 1. The predicted molar refractivity (Wildman–Crippen MR) is 82.6 cm³/mol. The van der Waals surface area contributed by atoms with Crippen LogP contribution in [0.1, 0.15) is 18.5 Å². The van der Waals surface area contributed by atoms with Crippen LogP contribution >= 0.6 is 0 Å². The molecule has 0 aliphatic carbocycles. The van der Waals surface area contributed by atoms with Crippen LogP contribution in [0.3, 0.4) is 0 Å². The van der Waals surface area contributed by atoms with Crippen molar-refractivity contribution in [3.05, 3.63) is 54.1 Å². The number of nitrogens with one attached hydrogen (secondary N) is 1. The largest absolute Gasteiger partial charge is 0.497 e. The van der Waals surface area contributed by atoms with Gasteiger partial charge >= 0.3 is 0 Å². The van der Waals surface area contributed by atoms with Crippen molar-refractivity contribution in [3.63, 3.8) is 0 Å². The Kier molecular flexibility index (Phi) is 4.50. The summed E-state index contributed by atoms with van der Waals surface area (Å²) in [5, 5.41) is 0. The number of sulfonamides is 1. The molecule has 1 unspecified atom stereocenters. The maximum absolute atomic E-state index is 12.3. The Morgan fingerprint density at radius 3 is 2.14 bits per heavy atom. The van der Waals surface area contributed by atoms with Crippen LogP contribution in [0, 0.1) is 0 Å². The highest BCUT2D eigenvalue weighted by Gasteiger charge is 2.18. The van der Waals surface area contributed by atoms with E-state index >= 15 is 0 Å². The minimum absolute atomic E-state index is 0.200. The molecule has 0 saturated carbocycles. The van der Waals surface area contributed by atoms with Gasteiger partial charge in [0.1, 0.15) is 5.75 Å². The second-order valence-electron chi connectivity index (χ2n) is 4.69. The number of hydrogen-bond donors (Lipinski definition) is 2. The molecular weight excluding hydrogens is 288 g/mol. The summed E-state index contributed by atoms with van der Waals surface area (Å²) in [5.41, 5.74) is 7.11. The maximum atomic E-state index is 12.3. The van der Waals surface area contributed by atoms with Gasteiger partial charge in [-0.15, -0.1) is 0 Å². The number of anilines is 1. The van der Waals surface area contributed by atoms with Gasteiger partial charge in [0.15, 0.2) is 0 Å². The van der Waals surface area contributed by atoms with Gasteiger partial charge in [0.05, 0.1) is 12.0 Å². The minimum atomic E-state index is -3.58. The first-order valence-corrected chi connectivity index (χ1v) is 7.92. The minimum Gasteiger partial charge on any atom is -0.497 e. The van der Waals surface area contributed by atoms with Gasteiger partial charge in [0.25, 0.3) is 0 Å². The van der Waals surface area contributed by atoms with Crippen molar-refractivity contribution in [2.45, 2.75) is 17.9 Å². The summed E-state index contributed by atoms with van der Waals surface area (Å²) in [6.07, 6.45) is 0. The highest BCUT2D eigenvalue weighted by molar-refractivity contribution is 7.89. The lowest BCUT2D eigenvalue weighted by Crippen LogP contribution is -2.26. The standard InChI is InChI=1S/C15H18N2O3S/c1-11(12-3-5-13(16)6-4-12)17-21(18,19)15-9-7-14(20-2)8-10-15/h3-11,17H,16H2,1-2H3. The third kappa shape index (κ3) is 3.74. The summed E-state index contributed by atoms with van der Waals surface area (Å²) < 4.78 is 32.3. The fraction of sp³-hybridized carbons (Fsp3) is 0.200. The highest BCUT2D eigenvalue weighted by Crippen LogP contribution is 2.20. The third-order valence-electron chi connectivity index (χ3n) is 3.14. The second kappa shape index (κ2) is 6.15. The van der Waals surface area contributed by atoms with E-state index in [0.717, 1.165) is 5.56 Å². The van der Waals surface area contributed by atoms with Gasteiger partial charge in [0.2, 0.25) is 10.0 Å². The zero-order valence-electron chi connectivity index (χ0n) is 11.9. The highest BCUT2D eigenvalue weighted by atomic mass is 32.2. The van der Waals surface area contributed by atoms with Crippen LogP contribution < -0.4 is 15.2 Å². The average molecular weight is 306 g/mol. The number of methoxy groups -OCH3 is 1. The average Bonchev–Trinajstić information content (AvgIpc) is 2.47. The molecule has 0 aliphatic heterocycles. The normalized spacial score (nSPS) is 12.9. The molecule has 5 nitrogen and oxygen atoms in total. The first-order valence-electron chi connectivity index (χ1n) is 6.44. The Bertz CT molecular complexity index is 695. The Morgan fingerprint density at radius 2 is 1.62 bits per heavy atom. The third-order valence-corrected chi connectivity index (χ3v) is 4.69. The number of hydrogen-bond acceptors (Lipinski definition) is 4. The van der Waals surface area contributed by atoms with Crippen molar-refractivity contribution in [2.24, 2.45) is 0 Å². The molecule has 0 amide bonds. The van der Waals surface area contributed by atoms with E-state index in [9.17, 15) is 8.42 Å². The van der Waals surface area contributed by atoms with Gasteiger partial charge < -0.3 is 10.5 Å². The monoisotopic (exact) mass is 306 g/mol. The van der Waals surface area contributed by atoms with Crippen LogP contribution in [0.2, 0.25) is 0 Å². The Labute approximate surface area is 124 Å². The maximum Gasteiger partial charge on any atom is 0.241 e. The smallest absolute Gasteiger partial charge is 0.241 e. The molecule has 2 aromatic rings. The van der Waals surface area contributed by atoms with Gasteiger partial charge in [0, 0.05) is 11.7 Å². The van der Waals surface area contributed by atoms with E-state index in [2.05, 4.69) is 4.72 Å². The number of rotatable bonds is 5. The lowest BCUT2D eigenvalue weighted by Gasteiger charge is -2.15. The summed E-state index contributed by atoms with van der Waals surface area (Å²) in [4.78, 5) is 0.200. The van der Waals surface area contributed by atoms with Crippen molar-refractivity contribution in [3.8, 4) is 5.75 Å². The first-order chi connectivity index (χ1) is 9.92. The molecule has 2 aromatic carbocycles. The molecule has 2 rings (SSSR count). The summed E-state index contributed by atoms with van der Waals surface area (Å²) in [6, 6.07) is 13.0. The van der Waals surface area contributed by atoms with E-state index in [0.29, 0.717) is 11.4 Å². The molecule has 0 fully saturated rings. The molecule has 21 heavy (non-hydrogen) atoms. The summed E-state index contributed by atoms with van der Waals surface area (Å²) in [5.74, 6) is 0.612. The molecule has 0 heterocycles. The molecule has 3 N–H and O–H groups in total. The molecular formula is C15H18N2O3S. The molecule has 0 aromatic heterocycles. The Morgan fingerprint density at radius 1 is 1.05 bits per heavy atom. The Balaban J connectivity index is 2.17. The van der Waals surface area contributed by atoms with Gasteiger partial charge in [-0.05, 0) is 48.9 Å². The lowest BCUT2D eigenvalue weighted by atomic mass is 10.1. The summed E-state index contributed by atoms with van der Waals surface area (Å²) in [6.45, 7) is 1.78. The molecule has 6 heteroatoms. The van der Waals surface area contributed by atoms with E-state index in [4.69, 9.17) is 10.5 Å². The number of nitrogen functional groups attached to an aromatic ring is 1. The molecule has 0 saturated heterocycles. The number of ether oxygens (including phenoxy) is 1. The SMILES string of the molecule is COc1ccc(S(=O)(=O)NC(C)c2ccc(N)cc2)cc1. The van der Waals surface area contributed by atoms with Crippen LogP contribution in [0.15, 0.2) is 53.4 Å². The summed E-state index contributed by atoms with van der Waals surface area (Å²) >= 11 is 0. The summed E-state index contributed by atoms with van der Waals surface area (Å²) in [7, 11) is -2.05. The lowest BCUT2D eigenvalue weighted by molar-refractivity contribution is 0.414. The first kappa shape index (κ1) is 15.3. The topological polar surface area (TPSA) is 81.4 Å². The van der Waals surface area contributed by atoms with Gasteiger partial charge in [-0.25, -0.2) is 13.1 Å². The number of benzene rings is 2. The zero-order chi connectivity index (χ0) is 15.5. The Hall–Kier alpha value is -2.05. The van der Waals surface area contributed by atoms with Crippen LogP contribution in [0.25, 0.3) is 0 Å². The molecule has 1 atom stereocenters. The van der Waals surface area contributed by atoms with E-state index < -0.39 is 10.0 Å². The van der Waals surface area contributed by atoms with E-state index in [1.54, 1.807) is 43.3 Å². The van der Waals surface area contributed by atoms with Gasteiger partial charge in [-0.1, -0.05) is 12.1 Å². The fourth-order valence-corrected chi connectivity index (χ4v) is 3.14. The predicted octanol–water partition coefficient (Wildman–Crippen LogP) is 2.32. The quantitative estimate of drug-likeness (QED) is 0.831. The molecule has 0 bridgehead atoms. The van der Waals surface area contributed by atoms with Gasteiger partial charge in [-0.2, -0.15) is 0 Å². The van der Waals surface area contributed by atoms with Crippen molar-refractivity contribution in [1.29, 1.82) is 0 Å². The van der Waals surface area contributed by atoms with Crippen LogP contribution in [-0.4, -0.2) is 15.5 Å². The zero-order valence-corrected chi connectivity index (χ0v) is 12.7. The molecule has 112 valence electrons.